The molecule has 31 heavy (non-hydrogen) atoms. The molecule has 1 N–H and O–H groups in total. The van der Waals surface area contributed by atoms with Gasteiger partial charge in [0.1, 0.15) is 17.6 Å². The minimum Gasteiger partial charge on any atom is -0.495 e. The minimum atomic E-state index is -0.814. The van der Waals surface area contributed by atoms with Crippen molar-refractivity contribution < 1.29 is 23.5 Å². The lowest BCUT2D eigenvalue weighted by Gasteiger charge is -2.26. The smallest absolute Gasteiger partial charge is 0.234 e. The van der Waals surface area contributed by atoms with Crippen molar-refractivity contribution in [2.75, 3.05) is 12.4 Å². The van der Waals surface area contributed by atoms with Gasteiger partial charge in [0.05, 0.1) is 31.1 Å². The van der Waals surface area contributed by atoms with Gasteiger partial charge in [0.15, 0.2) is 4.67 Å². The van der Waals surface area contributed by atoms with Gasteiger partial charge in [-0.25, -0.2) is 0 Å². The molecule has 8 heteroatoms. The number of methoxy groups -OCH3 is 1. The molecule has 1 saturated heterocycles. The van der Waals surface area contributed by atoms with Crippen molar-refractivity contribution in [3.05, 3.63) is 59.0 Å². The molecule has 3 aliphatic rings. The number of nitrogens with one attached hydrogen (secondary N) is 1. The number of amides is 3. The van der Waals surface area contributed by atoms with Crippen LogP contribution in [0.3, 0.4) is 0 Å². The molecule has 2 aliphatic carbocycles. The van der Waals surface area contributed by atoms with Gasteiger partial charge in [-0.3, -0.25) is 19.3 Å². The molecule has 1 aromatic heterocycles. The first-order chi connectivity index (χ1) is 15.0. The Labute approximate surface area is 187 Å². The molecule has 0 radical (unpaired) electrons. The highest BCUT2D eigenvalue weighted by Gasteiger charge is 2.60. The predicted molar refractivity (Wildman–Crippen MR) is 115 cm³/mol. The average Bonchev–Trinajstić information content (AvgIpc) is 3.52. The highest BCUT2D eigenvalue weighted by atomic mass is 79.9. The number of para-hydroxylation sites is 2. The number of rotatable bonds is 6. The molecule has 5 unspecified atom stereocenters. The summed E-state index contributed by atoms with van der Waals surface area (Å²) in [7, 11) is 1.52. The molecule has 7 nitrogen and oxygen atoms in total. The maximum absolute atomic E-state index is 13.3. The second-order valence-electron chi connectivity index (χ2n) is 8.16. The third-order valence-corrected chi connectivity index (χ3v) is 6.92. The Balaban J connectivity index is 1.43. The van der Waals surface area contributed by atoms with Crippen molar-refractivity contribution in [3.63, 3.8) is 0 Å². The van der Waals surface area contributed by atoms with Gasteiger partial charge in [-0.05, 0) is 58.5 Å². The summed E-state index contributed by atoms with van der Waals surface area (Å²) in [6.07, 6.45) is 4.84. The summed E-state index contributed by atoms with van der Waals surface area (Å²) in [5, 5.41) is 2.82. The van der Waals surface area contributed by atoms with Crippen LogP contribution >= 0.6 is 15.9 Å². The summed E-state index contributed by atoms with van der Waals surface area (Å²) < 4.78 is 11.5. The predicted octanol–water partition coefficient (Wildman–Crippen LogP) is 3.93. The van der Waals surface area contributed by atoms with Gasteiger partial charge in [-0.15, -0.1) is 0 Å². The number of carbonyl (C=O) groups is 3. The molecule has 5 atom stereocenters. The van der Waals surface area contributed by atoms with E-state index in [9.17, 15) is 14.4 Å². The second kappa shape index (κ2) is 7.67. The maximum Gasteiger partial charge on any atom is 0.234 e. The summed E-state index contributed by atoms with van der Waals surface area (Å²) >= 11 is 3.27. The molecular weight excluding hydrogens is 464 g/mol. The first-order valence-corrected chi connectivity index (χ1v) is 11.0. The Bertz CT molecular complexity index is 1060. The van der Waals surface area contributed by atoms with Crippen molar-refractivity contribution in [2.24, 2.45) is 23.7 Å². The number of nitrogens with zero attached hydrogens (tertiary/aromatic N) is 1. The molecule has 2 heterocycles. The van der Waals surface area contributed by atoms with Crippen LogP contribution in [-0.4, -0.2) is 29.7 Å². The van der Waals surface area contributed by atoms with Crippen LogP contribution in [0, 0.1) is 23.7 Å². The molecule has 1 saturated carbocycles. The molecule has 1 aromatic carbocycles. The summed E-state index contributed by atoms with van der Waals surface area (Å²) in [4.78, 5) is 40.8. The van der Waals surface area contributed by atoms with E-state index in [2.05, 4.69) is 21.2 Å². The number of hydrogen-bond acceptors (Lipinski definition) is 5. The Morgan fingerprint density at radius 1 is 1.16 bits per heavy atom. The number of furan rings is 1. The lowest BCUT2D eigenvalue weighted by atomic mass is 9.85. The fourth-order valence-electron chi connectivity index (χ4n) is 5.18. The summed E-state index contributed by atoms with van der Waals surface area (Å²) in [5.41, 5.74) is 0.521. The number of carbonyl (C=O) groups excluding carboxylic acids is 3. The molecule has 2 aromatic rings. The highest BCUT2D eigenvalue weighted by Crippen LogP contribution is 2.54. The van der Waals surface area contributed by atoms with E-state index in [4.69, 9.17) is 9.15 Å². The first-order valence-electron chi connectivity index (χ1n) is 10.2. The SMILES string of the molecule is COc1ccccc1NC(=O)CC(c1ccc(Br)o1)N1C(=O)C2C3C=CC(C3)C2C1=O. The number of hydrogen-bond donors (Lipinski definition) is 1. The molecule has 5 rings (SSSR count). The van der Waals surface area contributed by atoms with E-state index in [1.54, 1.807) is 36.4 Å². The molecule has 0 spiro atoms. The van der Waals surface area contributed by atoms with Crippen LogP contribution in [0.25, 0.3) is 0 Å². The van der Waals surface area contributed by atoms with Crippen LogP contribution in [0.4, 0.5) is 5.69 Å². The summed E-state index contributed by atoms with van der Waals surface area (Å²) in [6, 6.07) is 9.64. The molecule has 2 fully saturated rings. The number of ether oxygens (including phenoxy) is 1. The third-order valence-electron chi connectivity index (χ3n) is 6.50. The Kier molecular flexibility index (Phi) is 4.97. The summed E-state index contributed by atoms with van der Waals surface area (Å²) in [6.45, 7) is 0. The van der Waals surface area contributed by atoms with Crippen LogP contribution in [0.15, 0.2) is 57.6 Å². The fraction of sp³-hybridized carbons (Fsp3) is 0.348. The molecular formula is C23H21BrN2O5. The highest BCUT2D eigenvalue weighted by molar-refractivity contribution is 9.10. The molecule has 3 amide bonds. The van der Waals surface area contributed by atoms with Crippen LogP contribution in [0.1, 0.15) is 24.6 Å². The van der Waals surface area contributed by atoms with Gasteiger partial charge in [0.2, 0.25) is 17.7 Å². The zero-order chi connectivity index (χ0) is 21.7. The summed E-state index contributed by atoms with van der Waals surface area (Å²) in [5.74, 6) is -0.320. The van der Waals surface area contributed by atoms with Crippen LogP contribution in [0.2, 0.25) is 0 Å². The number of anilines is 1. The van der Waals surface area contributed by atoms with Gasteiger partial charge >= 0.3 is 0 Å². The largest absolute Gasteiger partial charge is 0.495 e. The third kappa shape index (κ3) is 3.29. The van der Waals surface area contributed by atoms with E-state index in [1.165, 1.54) is 12.0 Å². The van der Waals surface area contributed by atoms with Gasteiger partial charge in [0.25, 0.3) is 0 Å². The molecule has 2 bridgehead atoms. The topological polar surface area (TPSA) is 88.8 Å². The average molecular weight is 485 g/mol. The van der Waals surface area contributed by atoms with Crippen LogP contribution in [0.5, 0.6) is 5.75 Å². The number of halogens is 1. The Hall–Kier alpha value is -2.87. The van der Waals surface area contributed by atoms with E-state index in [0.29, 0.717) is 21.9 Å². The first kappa shape index (κ1) is 20.1. The van der Waals surface area contributed by atoms with E-state index in [1.807, 2.05) is 12.2 Å². The van der Waals surface area contributed by atoms with Gasteiger partial charge < -0.3 is 14.5 Å². The van der Waals surface area contributed by atoms with E-state index in [-0.39, 0.29) is 47.8 Å². The number of imide groups is 1. The normalized spacial score (nSPS) is 27.0. The Morgan fingerprint density at radius 3 is 2.45 bits per heavy atom. The number of likely N-dealkylation sites (tertiary alicyclic amines) is 1. The van der Waals surface area contributed by atoms with Gasteiger partial charge in [-0.1, -0.05) is 24.3 Å². The van der Waals surface area contributed by atoms with Crippen molar-refractivity contribution >= 4 is 39.3 Å². The molecule has 1 aliphatic heterocycles. The van der Waals surface area contributed by atoms with Crippen LogP contribution < -0.4 is 10.1 Å². The molecule has 160 valence electrons. The maximum atomic E-state index is 13.3. The van der Waals surface area contributed by atoms with Crippen molar-refractivity contribution in [1.29, 1.82) is 0 Å². The zero-order valence-electron chi connectivity index (χ0n) is 16.8. The van der Waals surface area contributed by atoms with E-state index >= 15 is 0 Å². The van der Waals surface area contributed by atoms with Crippen molar-refractivity contribution in [1.82, 2.24) is 4.90 Å². The van der Waals surface area contributed by atoms with Crippen LogP contribution in [-0.2, 0) is 14.4 Å². The standard InChI is InChI=1S/C23H21BrN2O5/c1-30-16-5-3-2-4-14(16)25-19(27)11-15(17-8-9-18(24)31-17)26-22(28)20-12-6-7-13(10-12)21(20)23(26)29/h2-9,12-13,15,20-21H,10-11H2,1H3,(H,25,27). The van der Waals surface area contributed by atoms with Gasteiger partial charge in [0, 0.05) is 0 Å². The Morgan fingerprint density at radius 2 is 1.84 bits per heavy atom. The fourth-order valence-corrected chi connectivity index (χ4v) is 5.50. The minimum absolute atomic E-state index is 0.0999. The zero-order valence-corrected chi connectivity index (χ0v) is 18.4. The quantitative estimate of drug-likeness (QED) is 0.495. The number of fused-ring (bicyclic) bond motifs is 5. The lowest BCUT2D eigenvalue weighted by Crippen LogP contribution is -2.38. The lowest BCUT2D eigenvalue weighted by molar-refractivity contribution is -0.144. The second-order valence-corrected chi connectivity index (χ2v) is 8.94. The van der Waals surface area contributed by atoms with Crippen molar-refractivity contribution in [3.8, 4) is 5.75 Å². The van der Waals surface area contributed by atoms with Crippen molar-refractivity contribution in [2.45, 2.75) is 18.9 Å². The number of allylic oxidation sites excluding steroid dienone is 2. The van der Waals surface area contributed by atoms with E-state index in [0.717, 1.165) is 6.42 Å². The van der Waals surface area contributed by atoms with E-state index < -0.39 is 6.04 Å². The monoisotopic (exact) mass is 484 g/mol. The number of benzene rings is 1. The van der Waals surface area contributed by atoms with Gasteiger partial charge in [-0.2, -0.15) is 0 Å².